The molecule has 5 atom stereocenters. The van der Waals surface area contributed by atoms with Crippen LogP contribution < -0.4 is 0 Å². The first kappa shape index (κ1) is 26.9. The molecule has 0 spiro atoms. The first-order chi connectivity index (χ1) is 16.2. The highest BCUT2D eigenvalue weighted by Crippen LogP contribution is 2.71. The molecule has 3 N–H and O–H groups in total. The van der Waals surface area contributed by atoms with Crippen LogP contribution in [0.4, 0.5) is 0 Å². The van der Waals surface area contributed by atoms with E-state index in [-0.39, 0.29) is 58.8 Å². The van der Waals surface area contributed by atoms with E-state index in [4.69, 9.17) is 0 Å². The Morgan fingerprint density at radius 2 is 1.57 bits per heavy atom. The highest BCUT2D eigenvalue weighted by Gasteiger charge is 2.67. The Hall–Kier alpha value is -2.70. The van der Waals surface area contributed by atoms with Crippen LogP contribution >= 0.6 is 0 Å². The van der Waals surface area contributed by atoms with Gasteiger partial charge in [-0.15, -0.1) is 0 Å². The molecule has 0 radical (unpaired) electrons. The molecule has 1 aromatic carbocycles. The van der Waals surface area contributed by atoms with Gasteiger partial charge >= 0.3 is 0 Å². The number of benzene rings is 1. The molecule has 7 nitrogen and oxygen atoms in total. The Balaban J connectivity index is 2.18. The summed E-state index contributed by atoms with van der Waals surface area (Å²) < 4.78 is 0. The van der Waals surface area contributed by atoms with Gasteiger partial charge < -0.3 is 20.1 Å². The average molecular weight is 487 g/mol. The van der Waals surface area contributed by atoms with Gasteiger partial charge in [0.25, 0.3) is 0 Å². The van der Waals surface area contributed by atoms with Crippen LogP contribution in [0.2, 0.25) is 0 Å². The summed E-state index contributed by atoms with van der Waals surface area (Å²) in [5, 5.41) is 32.4. The third-order valence-corrected chi connectivity index (χ3v) is 8.89. The average Bonchev–Trinajstić information content (AvgIpc) is 3.14. The van der Waals surface area contributed by atoms with Gasteiger partial charge in [-0.25, -0.2) is 0 Å². The summed E-state index contributed by atoms with van der Waals surface area (Å²) in [6, 6.07) is 0. The van der Waals surface area contributed by atoms with Crippen molar-refractivity contribution in [2.45, 2.75) is 79.6 Å². The Morgan fingerprint density at radius 1 is 1.03 bits per heavy atom. The highest BCUT2D eigenvalue weighted by atomic mass is 16.3. The lowest BCUT2D eigenvalue weighted by Crippen LogP contribution is -2.36. The van der Waals surface area contributed by atoms with E-state index in [2.05, 4.69) is 13.8 Å². The summed E-state index contributed by atoms with van der Waals surface area (Å²) in [6.45, 7) is 11.8. The molecule has 0 aromatic heterocycles. The van der Waals surface area contributed by atoms with Crippen LogP contribution in [-0.2, 0) is 9.59 Å². The number of hydrogen-bond acceptors (Lipinski definition) is 7. The predicted octanol–water partition coefficient (Wildman–Crippen LogP) is 5.18. The number of carbonyl (C=O) groups excluding carboxylic acids is 4. The van der Waals surface area contributed by atoms with Crippen molar-refractivity contribution in [3.63, 3.8) is 0 Å². The molecule has 0 aliphatic heterocycles. The van der Waals surface area contributed by atoms with Crippen LogP contribution in [0.15, 0.2) is 0 Å². The molecule has 0 heterocycles. The minimum atomic E-state index is -0.756. The molecule has 2 aliphatic carbocycles. The number of rotatable bonds is 10. The van der Waals surface area contributed by atoms with Gasteiger partial charge in [-0.3, -0.25) is 14.4 Å². The Labute approximate surface area is 206 Å². The van der Waals surface area contributed by atoms with Gasteiger partial charge in [0.05, 0.1) is 11.1 Å². The van der Waals surface area contributed by atoms with Crippen molar-refractivity contribution in [3.05, 3.63) is 16.7 Å². The molecule has 2 aliphatic rings. The summed E-state index contributed by atoms with van der Waals surface area (Å²) >= 11 is 0. The van der Waals surface area contributed by atoms with Crippen LogP contribution in [-0.4, -0.2) is 39.5 Å². The van der Waals surface area contributed by atoms with Crippen molar-refractivity contribution in [3.8, 4) is 17.2 Å². The number of carbonyl (C=O) groups is 4. The van der Waals surface area contributed by atoms with Crippen molar-refractivity contribution in [2.24, 2.45) is 34.5 Å². The zero-order valence-electron chi connectivity index (χ0n) is 21.6. The molecular formula is C28H38O7. The van der Waals surface area contributed by atoms with Gasteiger partial charge in [-0.05, 0) is 60.7 Å². The van der Waals surface area contributed by atoms with Crippen LogP contribution in [0, 0.1) is 34.5 Å². The van der Waals surface area contributed by atoms with Crippen molar-refractivity contribution in [1.29, 1.82) is 0 Å². The van der Waals surface area contributed by atoms with Crippen molar-refractivity contribution >= 4 is 24.1 Å². The number of phenolic OH excluding ortho intramolecular Hbond substituents is 3. The molecule has 0 unspecified atom stereocenters. The number of Topliss-reactive ketones (excluding diaryl/α,β-unsaturated/α-hetero) is 2. The van der Waals surface area contributed by atoms with Crippen molar-refractivity contribution in [1.82, 2.24) is 0 Å². The normalized spacial score (nSPS) is 28.2. The van der Waals surface area contributed by atoms with E-state index in [1.165, 1.54) is 0 Å². The number of phenols is 3. The molecular weight excluding hydrogens is 448 g/mol. The zero-order chi connectivity index (χ0) is 26.5. The SMILES string of the molecule is CC(=O)CC[C@@H]1[C@H]([C@@H]2C(=O)CC[C@]2(C)[C@H](CC(C)C)c2c(O)c(C=O)c(O)c(C=O)c2O)C1(C)C. The van der Waals surface area contributed by atoms with Crippen molar-refractivity contribution in [2.75, 3.05) is 0 Å². The second-order valence-corrected chi connectivity index (χ2v) is 11.8. The first-order valence-electron chi connectivity index (χ1n) is 12.5. The second-order valence-electron chi connectivity index (χ2n) is 11.8. The quantitative estimate of drug-likeness (QED) is 0.388. The molecule has 0 bridgehead atoms. The largest absolute Gasteiger partial charge is 0.507 e. The number of aromatic hydroxyl groups is 3. The molecule has 1 aromatic rings. The van der Waals surface area contributed by atoms with Crippen LogP contribution in [0.3, 0.4) is 0 Å². The zero-order valence-corrected chi connectivity index (χ0v) is 21.6. The van der Waals surface area contributed by atoms with E-state index < -0.39 is 39.7 Å². The van der Waals surface area contributed by atoms with Gasteiger partial charge in [0.1, 0.15) is 28.8 Å². The van der Waals surface area contributed by atoms with E-state index in [1.807, 2.05) is 20.8 Å². The first-order valence-corrected chi connectivity index (χ1v) is 12.5. The molecule has 2 saturated carbocycles. The summed E-state index contributed by atoms with van der Waals surface area (Å²) in [5.41, 5.74) is -1.64. The van der Waals surface area contributed by atoms with Gasteiger partial charge in [0, 0.05) is 24.3 Å². The summed E-state index contributed by atoms with van der Waals surface area (Å²) in [7, 11) is 0. The van der Waals surface area contributed by atoms with Crippen LogP contribution in [0.25, 0.3) is 0 Å². The minimum Gasteiger partial charge on any atom is -0.507 e. The summed E-state index contributed by atoms with van der Waals surface area (Å²) in [5.74, 6) is -2.13. The fourth-order valence-electron chi connectivity index (χ4n) is 6.94. The minimum absolute atomic E-state index is 0.0432. The number of aldehydes is 2. The van der Waals surface area contributed by atoms with E-state index in [0.717, 1.165) is 0 Å². The lowest BCUT2D eigenvalue weighted by atomic mass is 9.62. The fourth-order valence-corrected chi connectivity index (χ4v) is 6.94. The summed E-state index contributed by atoms with van der Waals surface area (Å²) in [6.07, 6.45) is 3.11. The van der Waals surface area contributed by atoms with Gasteiger partial charge in [0.2, 0.25) is 0 Å². The molecule has 0 amide bonds. The molecule has 3 rings (SSSR count). The van der Waals surface area contributed by atoms with Gasteiger partial charge in [-0.1, -0.05) is 34.6 Å². The van der Waals surface area contributed by atoms with E-state index in [9.17, 15) is 34.5 Å². The van der Waals surface area contributed by atoms with Crippen LogP contribution in [0.1, 0.15) is 106 Å². The maximum atomic E-state index is 13.4. The lowest BCUT2D eigenvalue weighted by molar-refractivity contribution is -0.123. The predicted molar refractivity (Wildman–Crippen MR) is 131 cm³/mol. The lowest BCUT2D eigenvalue weighted by Gasteiger charge is -2.41. The Kier molecular flexibility index (Phi) is 7.22. The summed E-state index contributed by atoms with van der Waals surface area (Å²) in [4.78, 5) is 48.5. The third kappa shape index (κ3) is 4.38. The topological polar surface area (TPSA) is 129 Å². The highest BCUT2D eigenvalue weighted by molar-refractivity contribution is 5.95. The number of hydrogen-bond donors (Lipinski definition) is 3. The Bertz CT molecular complexity index is 1020. The van der Waals surface area contributed by atoms with Gasteiger partial charge in [-0.2, -0.15) is 0 Å². The maximum absolute atomic E-state index is 13.4. The maximum Gasteiger partial charge on any atom is 0.157 e. The number of ketones is 2. The Morgan fingerprint density at radius 3 is 2.03 bits per heavy atom. The standard InChI is InChI=1S/C28H38O7/c1-14(2)11-19(21-25(34)16(12-29)24(33)17(13-30)26(21)35)28(6)10-9-20(32)23(28)22-18(27(22,4)5)8-7-15(3)31/h12-14,18-19,22-23,33-35H,7-11H2,1-6H3/t18-,19-,22-,23+,28-/m1/s1. The molecule has 0 saturated heterocycles. The van der Waals surface area contributed by atoms with E-state index in [0.29, 0.717) is 32.1 Å². The smallest absolute Gasteiger partial charge is 0.157 e. The van der Waals surface area contributed by atoms with Crippen LogP contribution in [0.5, 0.6) is 17.2 Å². The van der Waals surface area contributed by atoms with Gasteiger partial charge in [0.15, 0.2) is 12.6 Å². The monoisotopic (exact) mass is 486 g/mol. The molecule has 192 valence electrons. The molecule has 2 fully saturated rings. The second kappa shape index (κ2) is 9.40. The molecule has 35 heavy (non-hydrogen) atoms. The molecule has 7 heteroatoms. The van der Waals surface area contributed by atoms with Crippen molar-refractivity contribution < 1.29 is 34.5 Å². The van der Waals surface area contributed by atoms with E-state index >= 15 is 0 Å². The van der Waals surface area contributed by atoms with E-state index in [1.54, 1.807) is 6.92 Å². The third-order valence-electron chi connectivity index (χ3n) is 8.89. The fraction of sp³-hybridized carbons (Fsp3) is 0.643.